The number of amides is 1. The van der Waals surface area contributed by atoms with Crippen LogP contribution in [0.25, 0.3) is 0 Å². The van der Waals surface area contributed by atoms with Gasteiger partial charge in [-0.2, -0.15) is 0 Å². The normalized spacial score (nSPS) is 10.4. The Labute approximate surface area is 119 Å². The van der Waals surface area contributed by atoms with E-state index in [1.54, 1.807) is 24.1 Å². The van der Waals surface area contributed by atoms with Gasteiger partial charge in [-0.15, -0.1) is 0 Å². The van der Waals surface area contributed by atoms with E-state index in [1.165, 1.54) is 11.6 Å². The highest BCUT2D eigenvalue weighted by Crippen LogP contribution is 2.23. The van der Waals surface area contributed by atoms with Gasteiger partial charge in [-0.3, -0.25) is 4.79 Å². The third-order valence-electron chi connectivity index (χ3n) is 3.46. The number of phenolic OH excluding ortho intramolecular Hbond substituents is 1. The van der Waals surface area contributed by atoms with Crippen molar-refractivity contribution in [3.63, 3.8) is 0 Å². The van der Waals surface area contributed by atoms with Gasteiger partial charge in [0.2, 0.25) is 0 Å². The predicted molar refractivity (Wildman–Crippen MR) is 81.5 cm³/mol. The Kier molecular flexibility index (Phi) is 3.79. The van der Waals surface area contributed by atoms with Crippen LogP contribution in [0.4, 0.5) is 5.69 Å². The molecule has 0 fully saturated rings. The standard InChI is InChI=1S/C17H19NO2/c1-11-5-8-16(13(3)9-11)18(4)17(20)15-7-6-14(19)10-12(15)2/h5-10,19H,1-4H3. The van der Waals surface area contributed by atoms with Gasteiger partial charge in [-0.25, -0.2) is 0 Å². The molecular weight excluding hydrogens is 250 g/mol. The Hall–Kier alpha value is -2.29. The smallest absolute Gasteiger partial charge is 0.258 e. The summed E-state index contributed by atoms with van der Waals surface area (Å²) in [5.41, 5.74) is 4.51. The van der Waals surface area contributed by atoms with E-state index in [9.17, 15) is 9.90 Å². The molecule has 2 rings (SSSR count). The van der Waals surface area contributed by atoms with Crippen molar-refractivity contribution in [1.29, 1.82) is 0 Å². The van der Waals surface area contributed by atoms with Crippen molar-refractivity contribution in [3.8, 4) is 5.75 Å². The monoisotopic (exact) mass is 269 g/mol. The number of carbonyl (C=O) groups is 1. The minimum atomic E-state index is -0.0746. The van der Waals surface area contributed by atoms with Crippen LogP contribution in [0.2, 0.25) is 0 Å². The van der Waals surface area contributed by atoms with Gasteiger partial charge in [0.05, 0.1) is 0 Å². The van der Waals surface area contributed by atoms with Crippen molar-refractivity contribution >= 4 is 11.6 Å². The molecule has 0 heterocycles. The summed E-state index contributed by atoms with van der Waals surface area (Å²) in [5, 5.41) is 9.42. The summed E-state index contributed by atoms with van der Waals surface area (Å²) in [6, 6.07) is 10.8. The molecule has 0 saturated carbocycles. The van der Waals surface area contributed by atoms with E-state index in [2.05, 4.69) is 6.07 Å². The third-order valence-corrected chi connectivity index (χ3v) is 3.46. The minimum absolute atomic E-state index is 0.0746. The second kappa shape index (κ2) is 5.37. The summed E-state index contributed by atoms with van der Waals surface area (Å²) in [6.07, 6.45) is 0. The fourth-order valence-corrected chi connectivity index (χ4v) is 2.36. The number of phenols is 1. The Morgan fingerprint density at radius 3 is 2.30 bits per heavy atom. The molecule has 3 nitrogen and oxygen atoms in total. The number of rotatable bonds is 2. The van der Waals surface area contributed by atoms with Gasteiger partial charge in [0.15, 0.2) is 0 Å². The van der Waals surface area contributed by atoms with Crippen molar-refractivity contribution in [1.82, 2.24) is 0 Å². The molecule has 0 atom stereocenters. The lowest BCUT2D eigenvalue weighted by molar-refractivity contribution is 0.0992. The number of benzene rings is 2. The third kappa shape index (κ3) is 2.67. The van der Waals surface area contributed by atoms with Gasteiger partial charge in [-0.1, -0.05) is 17.7 Å². The molecule has 0 bridgehead atoms. The summed E-state index contributed by atoms with van der Waals surface area (Å²) in [7, 11) is 1.77. The highest BCUT2D eigenvalue weighted by molar-refractivity contribution is 6.07. The van der Waals surface area contributed by atoms with Crippen LogP contribution in [0.3, 0.4) is 0 Å². The number of hydrogen-bond acceptors (Lipinski definition) is 2. The van der Waals surface area contributed by atoms with Crippen LogP contribution in [-0.2, 0) is 0 Å². The zero-order valence-corrected chi connectivity index (χ0v) is 12.3. The SMILES string of the molecule is Cc1ccc(N(C)C(=O)c2ccc(O)cc2C)c(C)c1. The van der Waals surface area contributed by atoms with Crippen LogP contribution >= 0.6 is 0 Å². The molecule has 2 aromatic carbocycles. The van der Waals surface area contributed by atoms with Crippen molar-refractivity contribution in [2.75, 3.05) is 11.9 Å². The van der Waals surface area contributed by atoms with Gasteiger partial charge >= 0.3 is 0 Å². The summed E-state index contributed by atoms with van der Waals surface area (Å²) in [4.78, 5) is 14.2. The molecule has 0 aliphatic carbocycles. The molecule has 2 aromatic rings. The zero-order valence-electron chi connectivity index (χ0n) is 12.3. The Bertz CT molecular complexity index is 662. The molecule has 3 heteroatoms. The first-order chi connectivity index (χ1) is 9.40. The van der Waals surface area contributed by atoms with Crippen molar-refractivity contribution in [2.24, 2.45) is 0 Å². The predicted octanol–water partition coefficient (Wildman–Crippen LogP) is 3.59. The molecule has 104 valence electrons. The molecule has 0 aliphatic rings. The van der Waals surface area contributed by atoms with E-state index in [4.69, 9.17) is 0 Å². The average molecular weight is 269 g/mol. The first-order valence-electron chi connectivity index (χ1n) is 6.55. The maximum absolute atomic E-state index is 12.6. The first-order valence-corrected chi connectivity index (χ1v) is 6.55. The lowest BCUT2D eigenvalue weighted by Crippen LogP contribution is -2.27. The Morgan fingerprint density at radius 2 is 1.70 bits per heavy atom. The van der Waals surface area contributed by atoms with Crippen molar-refractivity contribution < 1.29 is 9.90 Å². The molecule has 0 spiro atoms. The number of aromatic hydroxyl groups is 1. The summed E-state index contributed by atoms with van der Waals surface area (Å²) in [5.74, 6) is 0.0997. The molecule has 20 heavy (non-hydrogen) atoms. The molecule has 0 unspecified atom stereocenters. The second-order valence-corrected chi connectivity index (χ2v) is 5.15. The van der Waals surface area contributed by atoms with Gasteiger partial charge in [-0.05, 0) is 56.2 Å². The number of anilines is 1. The summed E-state index contributed by atoms with van der Waals surface area (Å²) < 4.78 is 0. The van der Waals surface area contributed by atoms with E-state index >= 15 is 0 Å². The maximum atomic E-state index is 12.6. The second-order valence-electron chi connectivity index (χ2n) is 5.15. The fourth-order valence-electron chi connectivity index (χ4n) is 2.36. The van der Waals surface area contributed by atoms with Crippen LogP contribution in [0, 0.1) is 20.8 Å². The zero-order chi connectivity index (χ0) is 14.9. The van der Waals surface area contributed by atoms with Gasteiger partial charge in [0.25, 0.3) is 5.91 Å². The maximum Gasteiger partial charge on any atom is 0.258 e. The number of nitrogens with zero attached hydrogens (tertiary/aromatic N) is 1. The summed E-state index contributed by atoms with van der Waals surface area (Å²) in [6.45, 7) is 5.85. The van der Waals surface area contributed by atoms with Crippen LogP contribution in [0.5, 0.6) is 5.75 Å². The molecule has 0 saturated heterocycles. The Balaban J connectivity index is 2.37. The highest BCUT2D eigenvalue weighted by atomic mass is 16.3. The minimum Gasteiger partial charge on any atom is -0.508 e. The van der Waals surface area contributed by atoms with Crippen LogP contribution < -0.4 is 4.90 Å². The molecule has 0 radical (unpaired) electrons. The number of aryl methyl sites for hydroxylation is 3. The largest absolute Gasteiger partial charge is 0.508 e. The van der Waals surface area contributed by atoms with Crippen molar-refractivity contribution in [2.45, 2.75) is 20.8 Å². The number of carbonyl (C=O) groups excluding carboxylic acids is 1. The first kappa shape index (κ1) is 14.1. The molecule has 0 aliphatic heterocycles. The average Bonchev–Trinajstić information content (AvgIpc) is 2.37. The van der Waals surface area contributed by atoms with E-state index in [1.807, 2.05) is 32.9 Å². The molecule has 1 amide bonds. The van der Waals surface area contributed by atoms with E-state index < -0.39 is 0 Å². The topological polar surface area (TPSA) is 40.5 Å². The van der Waals surface area contributed by atoms with Gasteiger partial charge in [0, 0.05) is 18.3 Å². The lowest BCUT2D eigenvalue weighted by Gasteiger charge is -2.21. The quantitative estimate of drug-likeness (QED) is 0.905. The molecule has 0 aromatic heterocycles. The Morgan fingerprint density at radius 1 is 1.00 bits per heavy atom. The van der Waals surface area contributed by atoms with Gasteiger partial charge < -0.3 is 10.0 Å². The van der Waals surface area contributed by atoms with E-state index in [0.717, 1.165) is 16.8 Å². The highest BCUT2D eigenvalue weighted by Gasteiger charge is 2.17. The van der Waals surface area contributed by atoms with Crippen LogP contribution in [0.1, 0.15) is 27.0 Å². The summed E-state index contributed by atoms with van der Waals surface area (Å²) >= 11 is 0. The van der Waals surface area contributed by atoms with E-state index in [0.29, 0.717) is 5.56 Å². The van der Waals surface area contributed by atoms with Gasteiger partial charge in [0.1, 0.15) is 5.75 Å². The van der Waals surface area contributed by atoms with Crippen molar-refractivity contribution in [3.05, 3.63) is 58.7 Å². The number of hydrogen-bond donors (Lipinski definition) is 1. The van der Waals surface area contributed by atoms with Crippen LogP contribution in [0.15, 0.2) is 36.4 Å². The molecular formula is C17H19NO2. The lowest BCUT2D eigenvalue weighted by atomic mass is 10.1. The van der Waals surface area contributed by atoms with Crippen LogP contribution in [-0.4, -0.2) is 18.1 Å². The molecule has 1 N–H and O–H groups in total. The fraction of sp³-hybridized carbons (Fsp3) is 0.235. The van der Waals surface area contributed by atoms with E-state index in [-0.39, 0.29) is 11.7 Å².